The molecule has 0 amide bonds. The summed E-state index contributed by atoms with van der Waals surface area (Å²) in [5.74, 6) is 1.46. The van der Waals surface area contributed by atoms with Crippen LogP contribution in [0.15, 0.2) is 119 Å². The number of fused-ring (bicyclic) bond motifs is 2. The number of ether oxygens (including phenoxy) is 1. The number of hydrogen-bond donors (Lipinski definition) is 0. The van der Waals surface area contributed by atoms with Crippen LogP contribution in [0, 0.1) is 0 Å². The second kappa shape index (κ2) is 10.9. The maximum atomic E-state index is 13.5. The average molecular weight is 708 g/mol. The van der Waals surface area contributed by atoms with Crippen molar-refractivity contribution in [2.24, 2.45) is 5.10 Å². The van der Waals surface area contributed by atoms with Crippen molar-refractivity contribution >= 4 is 75.9 Å². The number of nitrogens with zero attached hydrogens (tertiary/aromatic N) is 3. The molecule has 0 spiro atoms. The highest BCUT2D eigenvalue weighted by atomic mass is 79.9. The molecule has 2 heterocycles. The predicted molar refractivity (Wildman–Crippen MR) is 165 cm³/mol. The first-order valence-corrected chi connectivity index (χ1v) is 14.2. The Morgan fingerprint density at radius 3 is 2.51 bits per heavy atom. The van der Waals surface area contributed by atoms with E-state index in [-0.39, 0.29) is 5.56 Å². The lowest BCUT2D eigenvalue weighted by Gasteiger charge is -2.09. The van der Waals surface area contributed by atoms with Crippen molar-refractivity contribution in [2.75, 3.05) is 0 Å². The summed E-state index contributed by atoms with van der Waals surface area (Å²) in [5, 5.41) is 5.90. The van der Waals surface area contributed by atoms with E-state index in [2.05, 4.69) is 52.9 Å². The van der Waals surface area contributed by atoms with E-state index in [4.69, 9.17) is 14.1 Å². The van der Waals surface area contributed by atoms with E-state index < -0.39 is 0 Å². The summed E-state index contributed by atoms with van der Waals surface area (Å²) in [4.78, 5) is 18.2. The lowest BCUT2D eigenvalue weighted by Crippen LogP contribution is -2.20. The molecule has 0 N–H and O–H groups in total. The fraction of sp³-hybridized carbons (Fsp3) is 0.0333. The number of furan rings is 1. The van der Waals surface area contributed by atoms with Crippen LogP contribution in [0.1, 0.15) is 11.1 Å². The SMILES string of the molecule is O=c1c2ccccc2nc(-c2cc3cc(Br)ccc3o2)n1N=Cc1ccc(OCc2ccc(Br)cc2)c(Br)c1. The molecule has 0 saturated heterocycles. The Kier molecular flexibility index (Phi) is 7.20. The molecule has 6 nitrogen and oxygen atoms in total. The zero-order chi connectivity index (χ0) is 26.9. The standard InChI is InChI=1S/C30H18Br3N3O3/c31-21-8-5-18(6-9-21)17-38-27-11-7-19(13-24(27)33)16-34-36-29(35-25-4-2-1-3-23(25)30(36)37)28-15-20-14-22(32)10-12-26(20)39-28/h1-16H,17H2. The molecule has 0 unspecified atom stereocenters. The van der Waals surface area contributed by atoms with Gasteiger partial charge < -0.3 is 9.15 Å². The van der Waals surface area contributed by atoms with Gasteiger partial charge in [0.15, 0.2) is 5.76 Å². The minimum atomic E-state index is -0.290. The zero-order valence-corrected chi connectivity index (χ0v) is 24.9. The van der Waals surface area contributed by atoms with E-state index in [0.29, 0.717) is 40.4 Å². The Bertz CT molecular complexity index is 1930. The van der Waals surface area contributed by atoms with Crippen LogP contribution >= 0.6 is 47.8 Å². The van der Waals surface area contributed by atoms with E-state index in [0.717, 1.165) is 29.9 Å². The van der Waals surface area contributed by atoms with Crippen LogP contribution in [0.4, 0.5) is 0 Å². The van der Waals surface area contributed by atoms with Gasteiger partial charge in [-0.3, -0.25) is 4.79 Å². The number of rotatable bonds is 6. The van der Waals surface area contributed by atoms with E-state index in [9.17, 15) is 4.79 Å². The van der Waals surface area contributed by atoms with Crippen molar-refractivity contribution in [2.45, 2.75) is 6.61 Å². The van der Waals surface area contributed by atoms with Crippen molar-refractivity contribution < 1.29 is 9.15 Å². The summed E-state index contributed by atoms with van der Waals surface area (Å²) in [6, 6.07) is 28.4. The normalized spacial score (nSPS) is 11.6. The van der Waals surface area contributed by atoms with Gasteiger partial charge in [0.05, 0.1) is 21.6 Å². The van der Waals surface area contributed by atoms with Crippen LogP contribution in [0.25, 0.3) is 33.5 Å². The summed E-state index contributed by atoms with van der Waals surface area (Å²) in [5.41, 5.74) is 2.80. The maximum absolute atomic E-state index is 13.5. The Hall–Kier alpha value is -3.53. The quantitative estimate of drug-likeness (QED) is 0.163. The van der Waals surface area contributed by atoms with E-state index in [1.54, 1.807) is 18.3 Å². The molecule has 0 bridgehead atoms. The average Bonchev–Trinajstić information content (AvgIpc) is 3.36. The highest BCUT2D eigenvalue weighted by Gasteiger charge is 2.16. The minimum absolute atomic E-state index is 0.290. The third kappa shape index (κ3) is 5.48. The predicted octanol–water partition coefficient (Wildman–Crippen LogP) is 8.56. The monoisotopic (exact) mass is 705 g/mol. The largest absolute Gasteiger partial charge is 0.488 e. The third-order valence-electron chi connectivity index (χ3n) is 6.04. The van der Waals surface area contributed by atoms with Crippen LogP contribution in [0.3, 0.4) is 0 Å². The van der Waals surface area contributed by atoms with Gasteiger partial charge in [-0.25, -0.2) is 4.98 Å². The Balaban J connectivity index is 1.35. The lowest BCUT2D eigenvalue weighted by atomic mass is 10.2. The molecule has 0 saturated carbocycles. The highest BCUT2D eigenvalue weighted by molar-refractivity contribution is 9.11. The van der Waals surface area contributed by atoms with Crippen molar-refractivity contribution in [1.82, 2.24) is 9.66 Å². The molecule has 39 heavy (non-hydrogen) atoms. The highest BCUT2D eigenvalue weighted by Crippen LogP contribution is 2.30. The van der Waals surface area contributed by atoms with Gasteiger partial charge in [0.25, 0.3) is 5.56 Å². The molecule has 6 aromatic rings. The van der Waals surface area contributed by atoms with Crippen LogP contribution in [0.2, 0.25) is 0 Å². The smallest absolute Gasteiger partial charge is 0.282 e. The summed E-state index contributed by atoms with van der Waals surface area (Å²) in [6.07, 6.45) is 1.61. The van der Waals surface area contributed by atoms with Gasteiger partial charge >= 0.3 is 0 Å². The first-order valence-electron chi connectivity index (χ1n) is 11.9. The van der Waals surface area contributed by atoms with Gasteiger partial charge in [0, 0.05) is 14.3 Å². The summed E-state index contributed by atoms with van der Waals surface area (Å²) >= 11 is 10.5. The number of benzene rings is 4. The minimum Gasteiger partial charge on any atom is -0.488 e. The Morgan fingerprint density at radius 2 is 1.69 bits per heavy atom. The Labute approximate surface area is 248 Å². The van der Waals surface area contributed by atoms with Crippen LogP contribution in [-0.2, 0) is 6.61 Å². The second-order valence-corrected chi connectivity index (χ2v) is 11.4. The van der Waals surface area contributed by atoms with Gasteiger partial charge in [-0.15, -0.1) is 0 Å². The third-order valence-corrected chi connectivity index (χ3v) is 7.68. The molecular weight excluding hydrogens is 690 g/mol. The Morgan fingerprint density at radius 1 is 0.897 bits per heavy atom. The van der Waals surface area contributed by atoms with Gasteiger partial charge in [0.1, 0.15) is 17.9 Å². The van der Waals surface area contributed by atoms with Crippen LogP contribution in [-0.4, -0.2) is 15.9 Å². The number of aromatic nitrogens is 2. The number of halogens is 3. The lowest BCUT2D eigenvalue weighted by molar-refractivity contribution is 0.304. The van der Waals surface area contributed by atoms with Gasteiger partial charge in [-0.05, 0) is 93.8 Å². The van der Waals surface area contributed by atoms with Gasteiger partial charge in [-0.2, -0.15) is 9.78 Å². The van der Waals surface area contributed by atoms with Crippen molar-refractivity contribution in [3.63, 3.8) is 0 Å². The first-order chi connectivity index (χ1) is 18.9. The van der Waals surface area contributed by atoms with E-state index >= 15 is 0 Å². The molecule has 0 aliphatic heterocycles. The van der Waals surface area contributed by atoms with Crippen LogP contribution in [0.5, 0.6) is 5.75 Å². The molecule has 2 aromatic heterocycles. The number of hydrogen-bond acceptors (Lipinski definition) is 5. The summed E-state index contributed by atoms with van der Waals surface area (Å²) < 4.78 is 16.0. The topological polar surface area (TPSA) is 69.6 Å². The molecule has 0 aliphatic rings. The molecule has 9 heteroatoms. The molecular formula is C30H18Br3N3O3. The number of para-hydroxylation sites is 1. The van der Waals surface area contributed by atoms with Crippen molar-refractivity contribution in [3.8, 4) is 17.3 Å². The van der Waals surface area contributed by atoms with Crippen LogP contribution < -0.4 is 10.3 Å². The van der Waals surface area contributed by atoms with Crippen molar-refractivity contribution in [3.05, 3.63) is 126 Å². The fourth-order valence-electron chi connectivity index (χ4n) is 4.10. The molecule has 0 aliphatic carbocycles. The molecule has 192 valence electrons. The van der Waals surface area contributed by atoms with Gasteiger partial charge in [0.2, 0.25) is 5.82 Å². The molecule has 4 aromatic carbocycles. The molecule has 0 radical (unpaired) electrons. The molecule has 0 atom stereocenters. The summed E-state index contributed by atoms with van der Waals surface area (Å²) in [7, 11) is 0. The fourth-order valence-corrected chi connectivity index (χ4v) is 5.25. The van der Waals surface area contributed by atoms with Crippen molar-refractivity contribution in [1.29, 1.82) is 0 Å². The second-order valence-electron chi connectivity index (χ2n) is 8.71. The van der Waals surface area contributed by atoms with E-state index in [1.807, 2.05) is 78.9 Å². The maximum Gasteiger partial charge on any atom is 0.282 e. The zero-order valence-electron chi connectivity index (χ0n) is 20.1. The summed E-state index contributed by atoms with van der Waals surface area (Å²) in [6.45, 7) is 0.439. The van der Waals surface area contributed by atoms with Gasteiger partial charge in [-0.1, -0.05) is 56.1 Å². The molecule has 0 fully saturated rings. The first kappa shape index (κ1) is 25.7. The molecule has 6 rings (SSSR count). The van der Waals surface area contributed by atoms with E-state index in [1.165, 1.54) is 4.68 Å².